The molecule has 1 aromatic carbocycles. The van der Waals surface area contributed by atoms with Crippen molar-refractivity contribution in [2.75, 3.05) is 27.4 Å². The number of nitro groups is 1. The van der Waals surface area contributed by atoms with Gasteiger partial charge in [0.1, 0.15) is 18.4 Å². The van der Waals surface area contributed by atoms with Crippen molar-refractivity contribution >= 4 is 11.7 Å². The van der Waals surface area contributed by atoms with Gasteiger partial charge in [-0.05, 0) is 18.7 Å². The van der Waals surface area contributed by atoms with Crippen LogP contribution in [0, 0.1) is 10.1 Å². The lowest BCUT2D eigenvalue weighted by Gasteiger charge is -2.16. The summed E-state index contributed by atoms with van der Waals surface area (Å²) in [6, 6.07) is 3.58. The molecule has 0 aliphatic heterocycles. The van der Waals surface area contributed by atoms with E-state index < -0.39 is 16.9 Å². The van der Waals surface area contributed by atoms with Gasteiger partial charge in [-0.3, -0.25) is 14.9 Å². The van der Waals surface area contributed by atoms with E-state index in [1.54, 1.807) is 0 Å². The molecule has 21 heavy (non-hydrogen) atoms. The van der Waals surface area contributed by atoms with Crippen molar-refractivity contribution in [3.8, 4) is 11.5 Å². The van der Waals surface area contributed by atoms with Gasteiger partial charge in [0.2, 0.25) is 0 Å². The topological polar surface area (TPSA) is 99.9 Å². The van der Waals surface area contributed by atoms with Gasteiger partial charge >= 0.3 is 11.7 Å². The number of rotatable bonds is 8. The van der Waals surface area contributed by atoms with Gasteiger partial charge in [0, 0.05) is 0 Å². The average Bonchev–Trinajstić information content (AvgIpc) is 2.50. The molecule has 0 fully saturated rings. The Hall–Kier alpha value is -2.35. The maximum Gasteiger partial charge on any atom is 0.326 e. The summed E-state index contributed by atoms with van der Waals surface area (Å²) in [6.45, 7) is 2.41. The first-order valence-corrected chi connectivity index (χ1v) is 6.29. The third-order valence-electron chi connectivity index (χ3n) is 2.70. The minimum absolute atomic E-state index is 0.00396. The molecule has 8 heteroatoms. The smallest absolute Gasteiger partial charge is 0.326 e. The van der Waals surface area contributed by atoms with E-state index in [1.165, 1.54) is 32.4 Å². The number of benzene rings is 1. The van der Waals surface area contributed by atoms with Gasteiger partial charge in [0.25, 0.3) is 0 Å². The Balaban J connectivity index is 2.80. The molecule has 1 atom stereocenters. The summed E-state index contributed by atoms with van der Waals surface area (Å²) in [5, 5.41) is 13.8. The quantitative estimate of drug-likeness (QED) is 0.436. The molecule has 1 unspecified atom stereocenters. The number of hydrogen-bond acceptors (Lipinski definition) is 7. The molecule has 0 aliphatic rings. The van der Waals surface area contributed by atoms with Gasteiger partial charge in [0.15, 0.2) is 5.75 Å². The first-order chi connectivity index (χ1) is 10.0. The second-order valence-electron chi connectivity index (χ2n) is 4.04. The zero-order valence-electron chi connectivity index (χ0n) is 12.1. The van der Waals surface area contributed by atoms with Crippen LogP contribution in [-0.2, 0) is 9.53 Å². The fraction of sp³-hybridized carbons (Fsp3) is 0.462. The molecule has 0 aliphatic carbocycles. The molecule has 0 heterocycles. The largest absolute Gasteiger partial charge is 0.491 e. The summed E-state index contributed by atoms with van der Waals surface area (Å²) in [4.78, 5) is 21.9. The number of carbonyl (C=O) groups excluding carboxylic acids is 1. The molecule has 116 valence electrons. The van der Waals surface area contributed by atoms with E-state index >= 15 is 0 Å². The van der Waals surface area contributed by atoms with Crippen molar-refractivity contribution in [1.29, 1.82) is 0 Å². The summed E-state index contributed by atoms with van der Waals surface area (Å²) in [5.74, 6) is -0.0438. The number of ether oxygens (including phenoxy) is 3. The molecule has 8 nitrogen and oxygen atoms in total. The Morgan fingerprint density at radius 1 is 1.43 bits per heavy atom. The van der Waals surface area contributed by atoms with E-state index in [-0.39, 0.29) is 23.8 Å². The summed E-state index contributed by atoms with van der Waals surface area (Å²) in [7, 11) is 2.63. The second-order valence-corrected chi connectivity index (χ2v) is 4.04. The molecule has 1 rings (SSSR count). The van der Waals surface area contributed by atoms with E-state index in [4.69, 9.17) is 9.47 Å². The highest BCUT2D eigenvalue weighted by atomic mass is 16.6. The van der Waals surface area contributed by atoms with Crippen molar-refractivity contribution in [3.63, 3.8) is 0 Å². The third-order valence-corrected chi connectivity index (χ3v) is 2.70. The average molecular weight is 298 g/mol. The summed E-state index contributed by atoms with van der Waals surface area (Å²) < 4.78 is 15.0. The highest BCUT2D eigenvalue weighted by Gasteiger charge is 2.20. The fourth-order valence-electron chi connectivity index (χ4n) is 1.68. The standard InChI is InChI=1S/C13H18N2O6/c1-4-14-10(13(16)20-3)8-21-9-5-6-12(19-2)11(7-9)15(17)18/h5-7,10,14H,4,8H2,1-3H3. The zero-order valence-corrected chi connectivity index (χ0v) is 12.1. The van der Waals surface area contributed by atoms with Crippen LogP contribution >= 0.6 is 0 Å². The van der Waals surface area contributed by atoms with E-state index in [1.807, 2.05) is 6.92 Å². The van der Waals surface area contributed by atoms with Gasteiger partial charge in [-0.15, -0.1) is 0 Å². The van der Waals surface area contributed by atoms with Crippen molar-refractivity contribution in [3.05, 3.63) is 28.3 Å². The van der Waals surface area contributed by atoms with Crippen molar-refractivity contribution < 1.29 is 23.9 Å². The normalized spacial score (nSPS) is 11.6. The number of nitro benzene ring substituents is 1. The van der Waals surface area contributed by atoms with Crippen molar-refractivity contribution in [2.24, 2.45) is 0 Å². The SMILES string of the molecule is CCNC(COc1ccc(OC)c([N+](=O)[O-])c1)C(=O)OC. The van der Waals surface area contributed by atoms with Crippen LogP contribution in [0.5, 0.6) is 11.5 Å². The van der Waals surface area contributed by atoms with Gasteiger partial charge in [-0.2, -0.15) is 0 Å². The number of nitrogens with zero attached hydrogens (tertiary/aromatic N) is 1. The predicted molar refractivity (Wildman–Crippen MR) is 74.6 cm³/mol. The molecule has 0 bridgehead atoms. The van der Waals surface area contributed by atoms with Gasteiger partial charge in [-0.1, -0.05) is 6.92 Å². The van der Waals surface area contributed by atoms with Crippen LogP contribution in [0.4, 0.5) is 5.69 Å². The molecule has 0 saturated carbocycles. The minimum atomic E-state index is -0.638. The fourth-order valence-corrected chi connectivity index (χ4v) is 1.68. The van der Waals surface area contributed by atoms with E-state index in [9.17, 15) is 14.9 Å². The third kappa shape index (κ3) is 4.60. The highest BCUT2D eigenvalue weighted by Crippen LogP contribution is 2.30. The Bertz CT molecular complexity index is 505. The number of carbonyl (C=O) groups is 1. The Morgan fingerprint density at radius 3 is 2.67 bits per heavy atom. The lowest BCUT2D eigenvalue weighted by atomic mass is 10.2. The van der Waals surface area contributed by atoms with Gasteiger partial charge < -0.3 is 19.5 Å². The molecule has 0 aromatic heterocycles. The Labute approximate surface area is 122 Å². The number of nitrogens with one attached hydrogen (secondary N) is 1. The molecule has 0 spiro atoms. The zero-order chi connectivity index (χ0) is 15.8. The molecular formula is C13H18N2O6. The molecule has 1 N–H and O–H groups in total. The van der Waals surface area contributed by atoms with Crippen LogP contribution in [0.25, 0.3) is 0 Å². The van der Waals surface area contributed by atoms with Crippen molar-refractivity contribution in [2.45, 2.75) is 13.0 Å². The molecule has 0 saturated heterocycles. The van der Waals surface area contributed by atoms with Gasteiger partial charge in [-0.25, -0.2) is 0 Å². The van der Waals surface area contributed by atoms with Crippen LogP contribution in [0.1, 0.15) is 6.92 Å². The predicted octanol–water partition coefficient (Wildman–Crippen LogP) is 1.13. The number of likely N-dealkylation sites (N-methyl/N-ethyl adjacent to an activating group) is 1. The number of methoxy groups -OCH3 is 2. The van der Waals surface area contributed by atoms with Crippen LogP contribution in [0.15, 0.2) is 18.2 Å². The van der Waals surface area contributed by atoms with Crippen LogP contribution in [-0.4, -0.2) is 44.3 Å². The van der Waals surface area contributed by atoms with Crippen molar-refractivity contribution in [1.82, 2.24) is 5.32 Å². The first kappa shape index (κ1) is 16.7. The van der Waals surface area contributed by atoms with E-state index in [0.29, 0.717) is 6.54 Å². The highest BCUT2D eigenvalue weighted by molar-refractivity contribution is 5.75. The maximum absolute atomic E-state index is 11.5. The first-order valence-electron chi connectivity index (χ1n) is 6.29. The summed E-state index contributed by atoms with van der Waals surface area (Å²) in [5.41, 5.74) is -0.201. The Morgan fingerprint density at radius 2 is 2.14 bits per heavy atom. The van der Waals surface area contributed by atoms with Crippen LogP contribution < -0.4 is 14.8 Å². The molecule has 0 amide bonds. The van der Waals surface area contributed by atoms with Crippen LogP contribution in [0.3, 0.4) is 0 Å². The Kier molecular flexibility index (Phi) is 6.41. The van der Waals surface area contributed by atoms with E-state index in [0.717, 1.165) is 0 Å². The number of esters is 1. The van der Waals surface area contributed by atoms with Crippen LogP contribution in [0.2, 0.25) is 0 Å². The van der Waals surface area contributed by atoms with E-state index in [2.05, 4.69) is 10.1 Å². The molecule has 1 aromatic rings. The maximum atomic E-state index is 11.5. The molecule has 0 radical (unpaired) electrons. The second kappa shape index (κ2) is 8.05. The monoisotopic (exact) mass is 298 g/mol. The lowest BCUT2D eigenvalue weighted by Crippen LogP contribution is -2.42. The minimum Gasteiger partial charge on any atom is -0.491 e. The molecular weight excluding hydrogens is 280 g/mol. The lowest BCUT2D eigenvalue weighted by molar-refractivity contribution is -0.385. The summed E-state index contributed by atoms with van der Waals surface area (Å²) in [6.07, 6.45) is 0. The summed E-state index contributed by atoms with van der Waals surface area (Å²) >= 11 is 0. The van der Waals surface area contributed by atoms with Gasteiger partial charge in [0.05, 0.1) is 25.2 Å². The number of hydrogen-bond donors (Lipinski definition) is 1.